The SMILES string of the molecule is CCC(CC)c1cc(CNC(=NCC(=O)N(C)C)NC2CCCC2)on1.I. The van der Waals surface area contributed by atoms with Crippen LogP contribution in [0.25, 0.3) is 0 Å². The Morgan fingerprint density at radius 2 is 2.00 bits per heavy atom. The van der Waals surface area contributed by atoms with Gasteiger partial charge in [-0.25, -0.2) is 4.99 Å². The number of nitrogens with zero attached hydrogens (tertiary/aromatic N) is 3. The van der Waals surface area contributed by atoms with Crippen molar-refractivity contribution in [2.75, 3.05) is 20.6 Å². The van der Waals surface area contributed by atoms with Crippen molar-refractivity contribution in [2.45, 2.75) is 70.9 Å². The predicted octanol–water partition coefficient (Wildman–Crippen LogP) is 3.26. The van der Waals surface area contributed by atoms with Crippen LogP contribution < -0.4 is 10.6 Å². The van der Waals surface area contributed by atoms with Gasteiger partial charge in [0.25, 0.3) is 0 Å². The number of likely N-dealkylation sites (N-methyl/N-ethyl adjacent to an activating group) is 1. The topological polar surface area (TPSA) is 82.8 Å². The van der Waals surface area contributed by atoms with Gasteiger partial charge < -0.3 is 20.1 Å². The molecule has 1 amide bonds. The summed E-state index contributed by atoms with van der Waals surface area (Å²) in [4.78, 5) is 17.8. The molecule has 0 saturated heterocycles. The van der Waals surface area contributed by atoms with Crippen molar-refractivity contribution in [1.82, 2.24) is 20.7 Å². The molecule has 0 unspecified atom stereocenters. The fraction of sp³-hybridized carbons (Fsp3) is 0.737. The first-order chi connectivity index (χ1) is 12.5. The van der Waals surface area contributed by atoms with Crippen molar-refractivity contribution >= 4 is 35.8 Å². The van der Waals surface area contributed by atoms with E-state index in [2.05, 4.69) is 34.6 Å². The molecule has 1 aliphatic carbocycles. The summed E-state index contributed by atoms with van der Waals surface area (Å²) >= 11 is 0. The van der Waals surface area contributed by atoms with Gasteiger partial charge in [0.2, 0.25) is 5.91 Å². The molecule has 0 atom stereocenters. The molecular formula is C19H34IN5O2. The monoisotopic (exact) mass is 491 g/mol. The molecule has 0 radical (unpaired) electrons. The minimum atomic E-state index is -0.0202. The summed E-state index contributed by atoms with van der Waals surface area (Å²) in [7, 11) is 3.48. The van der Waals surface area contributed by atoms with Crippen LogP contribution in [0.15, 0.2) is 15.6 Å². The summed E-state index contributed by atoms with van der Waals surface area (Å²) in [6, 6.07) is 2.44. The third-order valence-electron chi connectivity index (χ3n) is 4.98. The maximum atomic E-state index is 11.8. The van der Waals surface area contributed by atoms with Crippen LogP contribution in [-0.2, 0) is 11.3 Å². The van der Waals surface area contributed by atoms with Gasteiger partial charge in [0.05, 0.1) is 12.2 Å². The number of hydrogen-bond acceptors (Lipinski definition) is 4. The molecule has 0 aliphatic heterocycles. The van der Waals surface area contributed by atoms with Crippen LogP contribution in [-0.4, -0.2) is 48.6 Å². The highest BCUT2D eigenvalue weighted by Gasteiger charge is 2.17. The predicted molar refractivity (Wildman–Crippen MR) is 118 cm³/mol. The molecule has 0 bridgehead atoms. The van der Waals surface area contributed by atoms with Gasteiger partial charge in [-0.05, 0) is 25.7 Å². The summed E-state index contributed by atoms with van der Waals surface area (Å²) in [5.41, 5.74) is 1.01. The number of nitrogens with one attached hydrogen (secondary N) is 2. The highest BCUT2D eigenvalue weighted by atomic mass is 127. The van der Waals surface area contributed by atoms with Gasteiger partial charge in [0.15, 0.2) is 11.7 Å². The van der Waals surface area contributed by atoms with Crippen molar-refractivity contribution in [3.8, 4) is 0 Å². The van der Waals surface area contributed by atoms with Gasteiger partial charge in [-0.15, -0.1) is 24.0 Å². The van der Waals surface area contributed by atoms with Gasteiger partial charge in [-0.3, -0.25) is 4.79 Å². The molecule has 2 rings (SSSR count). The molecule has 1 fully saturated rings. The fourth-order valence-corrected chi connectivity index (χ4v) is 3.19. The molecule has 7 nitrogen and oxygen atoms in total. The second kappa shape index (κ2) is 12.2. The van der Waals surface area contributed by atoms with E-state index in [1.807, 2.05) is 6.07 Å². The van der Waals surface area contributed by atoms with E-state index in [1.54, 1.807) is 19.0 Å². The van der Waals surface area contributed by atoms with Crippen molar-refractivity contribution in [3.05, 3.63) is 17.5 Å². The minimum absolute atomic E-state index is 0. The second-order valence-corrected chi connectivity index (χ2v) is 7.16. The number of amides is 1. The Hall–Kier alpha value is -1.32. The summed E-state index contributed by atoms with van der Waals surface area (Å²) in [6.07, 6.45) is 6.87. The normalized spacial score (nSPS) is 14.9. The van der Waals surface area contributed by atoms with Gasteiger partial charge in [0.1, 0.15) is 6.54 Å². The second-order valence-electron chi connectivity index (χ2n) is 7.16. The molecule has 1 aromatic heterocycles. The Kier molecular flexibility index (Phi) is 10.7. The highest BCUT2D eigenvalue weighted by Crippen LogP contribution is 2.22. The first kappa shape index (κ1) is 23.7. The van der Waals surface area contributed by atoms with Crippen LogP contribution in [0.5, 0.6) is 0 Å². The molecule has 1 aliphatic rings. The van der Waals surface area contributed by atoms with E-state index in [9.17, 15) is 4.79 Å². The molecule has 154 valence electrons. The van der Waals surface area contributed by atoms with E-state index in [0.717, 1.165) is 37.1 Å². The molecule has 0 aromatic carbocycles. The maximum absolute atomic E-state index is 11.8. The molecule has 0 spiro atoms. The molecule has 1 aromatic rings. The Balaban J connectivity index is 0.00000364. The number of aromatic nitrogens is 1. The van der Waals surface area contributed by atoms with Crippen molar-refractivity contribution < 1.29 is 9.32 Å². The van der Waals surface area contributed by atoms with E-state index in [4.69, 9.17) is 4.52 Å². The lowest BCUT2D eigenvalue weighted by Gasteiger charge is -2.17. The lowest BCUT2D eigenvalue weighted by molar-refractivity contribution is -0.127. The number of hydrogen-bond donors (Lipinski definition) is 2. The van der Waals surface area contributed by atoms with E-state index in [-0.39, 0.29) is 36.4 Å². The molecule has 8 heteroatoms. The van der Waals surface area contributed by atoms with E-state index < -0.39 is 0 Å². The Labute approximate surface area is 179 Å². The lowest BCUT2D eigenvalue weighted by atomic mass is 9.99. The van der Waals surface area contributed by atoms with Gasteiger partial charge >= 0.3 is 0 Å². The summed E-state index contributed by atoms with van der Waals surface area (Å²) < 4.78 is 5.46. The molecule has 2 N–H and O–H groups in total. The molecule has 1 heterocycles. The lowest BCUT2D eigenvalue weighted by Crippen LogP contribution is -2.42. The van der Waals surface area contributed by atoms with Crippen LogP contribution in [0.3, 0.4) is 0 Å². The third-order valence-corrected chi connectivity index (χ3v) is 4.98. The Bertz CT molecular complexity index is 593. The van der Waals surface area contributed by atoms with Crippen molar-refractivity contribution in [2.24, 2.45) is 4.99 Å². The summed E-state index contributed by atoms with van der Waals surface area (Å²) in [5.74, 6) is 1.86. The molecular weight excluding hydrogens is 457 g/mol. The van der Waals surface area contributed by atoms with Crippen LogP contribution in [0.4, 0.5) is 0 Å². The number of carbonyl (C=O) groups excluding carboxylic acids is 1. The molecule has 1 saturated carbocycles. The zero-order valence-corrected chi connectivity index (χ0v) is 19.3. The Morgan fingerprint density at radius 1 is 1.33 bits per heavy atom. The number of guanidine groups is 1. The zero-order chi connectivity index (χ0) is 18.9. The number of aliphatic imine (C=N–C) groups is 1. The van der Waals surface area contributed by atoms with Gasteiger partial charge in [-0.1, -0.05) is 31.8 Å². The van der Waals surface area contributed by atoms with E-state index >= 15 is 0 Å². The molecule has 27 heavy (non-hydrogen) atoms. The minimum Gasteiger partial charge on any atom is -0.359 e. The first-order valence-electron chi connectivity index (χ1n) is 9.73. The quantitative estimate of drug-likeness (QED) is 0.332. The van der Waals surface area contributed by atoms with E-state index in [1.165, 1.54) is 12.8 Å². The summed E-state index contributed by atoms with van der Waals surface area (Å²) in [6.45, 7) is 4.96. The summed E-state index contributed by atoms with van der Waals surface area (Å²) in [5, 5.41) is 10.9. The maximum Gasteiger partial charge on any atom is 0.243 e. The standard InChI is InChI=1S/C19H33N5O2.HI/c1-5-14(6-2)17-11-16(26-23-17)12-20-19(21-13-18(25)24(3)4)22-15-9-7-8-10-15;/h11,14-15H,5-10,12-13H2,1-4H3,(H2,20,21,22);1H. The zero-order valence-electron chi connectivity index (χ0n) is 17.0. The van der Waals surface area contributed by atoms with Crippen LogP contribution in [0, 0.1) is 0 Å². The van der Waals surface area contributed by atoms with Gasteiger partial charge in [-0.2, -0.15) is 0 Å². The van der Waals surface area contributed by atoms with Crippen molar-refractivity contribution in [1.29, 1.82) is 0 Å². The fourth-order valence-electron chi connectivity index (χ4n) is 3.19. The van der Waals surface area contributed by atoms with Crippen LogP contribution in [0.2, 0.25) is 0 Å². The van der Waals surface area contributed by atoms with E-state index in [0.29, 0.717) is 24.5 Å². The largest absolute Gasteiger partial charge is 0.359 e. The van der Waals surface area contributed by atoms with Crippen molar-refractivity contribution in [3.63, 3.8) is 0 Å². The first-order valence-corrected chi connectivity index (χ1v) is 9.73. The third kappa shape index (κ3) is 7.67. The average Bonchev–Trinajstić information content (AvgIpc) is 3.30. The number of halogens is 1. The highest BCUT2D eigenvalue weighted by molar-refractivity contribution is 14.0. The Morgan fingerprint density at radius 3 is 2.59 bits per heavy atom. The van der Waals surface area contributed by atoms with Crippen LogP contribution in [0.1, 0.15) is 69.7 Å². The average molecular weight is 491 g/mol. The number of carbonyl (C=O) groups is 1. The number of rotatable bonds is 8. The van der Waals surface area contributed by atoms with Crippen LogP contribution >= 0.6 is 24.0 Å². The smallest absolute Gasteiger partial charge is 0.243 e. The van der Waals surface area contributed by atoms with Gasteiger partial charge in [0, 0.05) is 32.1 Å².